The zero-order valence-corrected chi connectivity index (χ0v) is 15.9. The van der Waals surface area contributed by atoms with Crippen LogP contribution in [0.25, 0.3) is 5.69 Å². The molecule has 26 heavy (non-hydrogen) atoms. The summed E-state index contributed by atoms with van der Waals surface area (Å²) in [7, 11) is 1.39. The number of esters is 1. The summed E-state index contributed by atoms with van der Waals surface area (Å²) in [6.45, 7) is 3.86. The predicted octanol–water partition coefficient (Wildman–Crippen LogP) is 3.82. The fourth-order valence-electron chi connectivity index (χ4n) is 2.59. The largest absolute Gasteiger partial charge is 0.468 e. The molecule has 1 aromatic heterocycles. The van der Waals surface area contributed by atoms with E-state index in [1.807, 2.05) is 41.8 Å². The lowest BCUT2D eigenvalue weighted by Gasteiger charge is -2.13. The number of hydrogen-bond donors (Lipinski definition) is 0. The van der Waals surface area contributed by atoms with Gasteiger partial charge in [-0.15, -0.1) is 10.2 Å². The Balaban J connectivity index is 1.99. The molecular weight excluding hydrogens is 346 g/mol. The fraction of sp³-hybridized carbons (Fsp3) is 0.250. The molecular formula is C20H21N3O2S. The molecule has 3 rings (SSSR count). The molecule has 0 aliphatic carbocycles. The summed E-state index contributed by atoms with van der Waals surface area (Å²) < 4.78 is 6.84. The Morgan fingerprint density at radius 2 is 1.81 bits per heavy atom. The third-order valence-electron chi connectivity index (χ3n) is 4.01. The summed E-state index contributed by atoms with van der Waals surface area (Å²) >= 11 is 1.35. The van der Waals surface area contributed by atoms with Crippen LogP contribution >= 0.6 is 11.8 Å². The van der Waals surface area contributed by atoms with Crippen molar-refractivity contribution in [3.05, 3.63) is 71.5 Å². The minimum Gasteiger partial charge on any atom is -0.468 e. The van der Waals surface area contributed by atoms with Gasteiger partial charge in [-0.25, -0.2) is 0 Å². The highest BCUT2D eigenvalue weighted by atomic mass is 32.2. The van der Waals surface area contributed by atoms with Crippen LogP contribution in [-0.2, 0) is 16.0 Å². The number of aryl methyl sites for hydroxylation is 1. The molecule has 134 valence electrons. The normalized spacial score (nSPS) is 12.0. The van der Waals surface area contributed by atoms with Crippen molar-refractivity contribution in [2.24, 2.45) is 0 Å². The minimum atomic E-state index is -0.363. The first-order valence-electron chi connectivity index (χ1n) is 8.38. The Hall–Kier alpha value is -2.60. The summed E-state index contributed by atoms with van der Waals surface area (Å²) in [6.07, 6.45) is 0.662. The maximum Gasteiger partial charge on any atom is 0.318 e. The molecule has 0 saturated heterocycles. The van der Waals surface area contributed by atoms with Crippen molar-refractivity contribution >= 4 is 17.7 Å². The molecule has 6 heteroatoms. The van der Waals surface area contributed by atoms with Gasteiger partial charge in [-0.2, -0.15) is 0 Å². The SMILES string of the molecule is COC(=O)C(C)Sc1nnc(Cc2ccccc2)n1-c1ccc(C)cc1. The van der Waals surface area contributed by atoms with Crippen LogP contribution in [0.5, 0.6) is 0 Å². The Bertz CT molecular complexity index is 876. The molecule has 2 aromatic carbocycles. The topological polar surface area (TPSA) is 57.0 Å². The van der Waals surface area contributed by atoms with Crippen LogP contribution in [0.4, 0.5) is 0 Å². The van der Waals surface area contributed by atoms with Gasteiger partial charge in [0.05, 0.1) is 7.11 Å². The lowest BCUT2D eigenvalue weighted by molar-refractivity contribution is -0.139. The smallest absolute Gasteiger partial charge is 0.318 e. The summed E-state index contributed by atoms with van der Waals surface area (Å²) in [4.78, 5) is 11.8. The van der Waals surface area contributed by atoms with E-state index in [-0.39, 0.29) is 11.2 Å². The first-order valence-corrected chi connectivity index (χ1v) is 9.26. The van der Waals surface area contributed by atoms with Gasteiger partial charge in [0, 0.05) is 12.1 Å². The van der Waals surface area contributed by atoms with Gasteiger partial charge in [0.15, 0.2) is 5.16 Å². The standard InChI is InChI=1S/C20H21N3O2S/c1-14-9-11-17(12-10-14)23-18(13-16-7-5-4-6-8-16)21-22-20(23)26-15(2)19(24)25-3/h4-12,15H,13H2,1-3H3. The van der Waals surface area contributed by atoms with E-state index in [1.54, 1.807) is 0 Å². The first kappa shape index (κ1) is 18.2. The quantitative estimate of drug-likeness (QED) is 0.490. The number of nitrogens with zero attached hydrogens (tertiary/aromatic N) is 3. The van der Waals surface area contributed by atoms with Gasteiger partial charge in [-0.1, -0.05) is 59.8 Å². The number of benzene rings is 2. The van der Waals surface area contributed by atoms with E-state index >= 15 is 0 Å². The second-order valence-corrected chi connectivity index (χ2v) is 7.32. The van der Waals surface area contributed by atoms with Crippen molar-refractivity contribution < 1.29 is 9.53 Å². The Morgan fingerprint density at radius 3 is 2.46 bits per heavy atom. The van der Waals surface area contributed by atoms with E-state index in [0.717, 1.165) is 17.1 Å². The van der Waals surface area contributed by atoms with Gasteiger partial charge in [-0.3, -0.25) is 9.36 Å². The highest BCUT2D eigenvalue weighted by molar-refractivity contribution is 8.00. The lowest BCUT2D eigenvalue weighted by Crippen LogP contribution is -2.15. The van der Waals surface area contributed by atoms with Crippen molar-refractivity contribution in [3.63, 3.8) is 0 Å². The van der Waals surface area contributed by atoms with Crippen molar-refractivity contribution in [2.75, 3.05) is 7.11 Å². The highest BCUT2D eigenvalue weighted by Crippen LogP contribution is 2.27. The summed E-state index contributed by atoms with van der Waals surface area (Å²) in [5, 5.41) is 9.04. The van der Waals surface area contributed by atoms with Crippen molar-refractivity contribution in [1.82, 2.24) is 14.8 Å². The van der Waals surface area contributed by atoms with Crippen LogP contribution in [0.2, 0.25) is 0 Å². The molecule has 1 unspecified atom stereocenters. The van der Waals surface area contributed by atoms with E-state index in [0.29, 0.717) is 11.6 Å². The average molecular weight is 367 g/mol. The van der Waals surface area contributed by atoms with Crippen molar-refractivity contribution in [3.8, 4) is 5.69 Å². The number of carbonyl (C=O) groups is 1. The molecule has 0 aliphatic heterocycles. The molecule has 0 fully saturated rings. The number of ether oxygens (including phenoxy) is 1. The zero-order valence-electron chi connectivity index (χ0n) is 15.0. The van der Waals surface area contributed by atoms with E-state index in [4.69, 9.17) is 4.74 Å². The van der Waals surface area contributed by atoms with E-state index in [1.165, 1.54) is 24.4 Å². The predicted molar refractivity (Wildman–Crippen MR) is 103 cm³/mol. The fourth-order valence-corrected chi connectivity index (χ4v) is 3.51. The second-order valence-electron chi connectivity index (χ2n) is 6.02. The third-order valence-corrected chi connectivity index (χ3v) is 5.03. The van der Waals surface area contributed by atoms with Crippen LogP contribution in [0.15, 0.2) is 59.8 Å². The molecule has 0 saturated carbocycles. The molecule has 0 amide bonds. The summed E-state index contributed by atoms with van der Waals surface area (Å²) in [5.74, 6) is 0.553. The molecule has 0 bridgehead atoms. The molecule has 0 aliphatic rings. The summed E-state index contributed by atoms with van der Waals surface area (Å²) in [5.41, 5.74) is 3.32. The molecule has 0 N–H and O–H groups in total. The molecule has 0 radical (unpaired) electrons. The van der Waals surface area contributed by atoms with Crippen LogP contribution in [-0.4, -0.2) is 33.1 Å². The Kier molecular flexibility index (Phi) is 5.73. The maximum atomic E-state index is 11.8. The van der Waals surface area contributed by atoms with Gasteiger partial charge in [0.1, 0.15) is 11.1 Å². The van der Waals surface area contributed by atoms with E-state index < -0.39 is 0 Å². The number of carbonyl (C=O) groups excluding carboxylic acids is 1. The average Bonchev–Trinajstić information content (AvgIpc) is 3.04. The minimum absolute atomic E-state index is 0.280. The Labute approximate surface area is 157 Å². The molecule has 1 heterocycles. The Morgan fingerprint density at radius 1 is 1.12 bits per heavy atom. The van der Waals surface area contributed by atoms with Crippen molar-refractivity contribution in [2.45, 2.75) is 30.7 Å². The van der Waals surface area contributed by atoms with Gasteiger partial charge < -0.3 is 4.74 Å². The van der Waals surface area contributed by atoms with Crippen LogP contribution in [0, 0.1) is 6.92 Å². The van der Waals surface area contributed by atoms with Gasteiger partial charge >= 0.3 is 5.97 Å². The number of aromatic nitrogens is 3. The number of hydrogen-bond acceptors (Lipinski definition) is 5. The molecule has 1 atom stereocenters. The summed E-state index contributed by atoms with van der Waals surface area (Å²) in [6, 6.07) is 18.3. The molecule has 0 spiro atoms. The number of rotatable bonds is 6. The molecule has 3 aromatic rings. The van der Waals surface area contributed by atoms with Crippen LogP contribution in [0.1, 0.15) is 23.9 Å². The zero-order chi connectivity index (χ0) is 18.5. The van der Waals surface area contributed by atoms with Gasteiger partial charge in [-0.05, 0) is 31.5 Å². The van der Waals surface area contributed by atoms with E-state index in [2.05, 4.69) is 41.4 Å². The van der Waals surface area contributed by atoms with Crippen LogP contribution < -0.4 is 0 Å². The highest BCUT2D eigenvalue weighted by Gasteiger charge is 2.21. The maximum absolute atomic E-state index is 11.8. The van der Waals surface area contributed by atoms with Gasteiger partial charge in [0.2, 0.25) is 0 Å². The van der Waals surface area contributed by atoms with E-state index in [9.17, 15) is 4.79 Å². The monoisotopic (exact) mass is 367 g/mol. The third kappa shape index (κ3) is 4.14. The number of methoxy groups -OCH3 is 1. The van der Waals surface area contributed by atoms with Crippen LogP contribution in [0.3, 0.4) is 0 Å². The second kappa shape index (κ2) is 8.19. The van der Waals surface area contributed by atoms with Crippen molar-refractivity contribution in [1.29, 1.82) is 0 Å². The first-order chi connectivity index (χ1) is 12.6. The lowest BCUT2D eigenvalue weighted by atomic mass is 10.1. The molecule has 5 nitrogen and oxygen atoms in total. The number of thioether (sulfide) groups is 1. The van der Waals surface area contributed by atoms with Gasteiger partial charge in [0.25, 0.3) is 0 Å².